The lowest BCUT2D eigenvalue weighted by atomic mass is 9.93. The molecule has 0 aliphatic carbocycles. The van der Waals surface area contributed by atoms with Gasteiger partial charge >= 0.3 is 41.4 Å². The number of aliphatic carboxylic acids is 1. The molecule has 0 spiro atoms. The molecule has 1 aromatic carbocycles. The van der Waals surface area contributed by atoms with Crippen LogP contribution in [0.3, 0.4) is 0 Å². The number of benzene rings is 1. The van der Waals surface area contributed by atoms with E-state index in [1.807, 2.05) is 4.98 Å². The molecule has 16 nitrogen and oxygen atoms in total. The van der Waals surface area contributed by atoms with Crippen LogP contribution < -0.4 is 16.6 Å². The molecule has 3 N–H and O–H groups in total. The fourth-order valence-corrected chi connectivity index (χ4v) is 4.26. The fourth-order valence-electron chi connectivity index (χ4n) is 4.26. The molecule has 1 aliphatic heterocycles. The molecule has 0 radical (unpaired) electrons. The van der Waals surface area contributed by atoms with Gasteiger partial charge in [-0.1, -0.05) is 30.3 Å². The van der Waals surface area contributed by atoms with Gasteiger partial charge in [0, 0.05) is 39.5 Å². The van der Waals surface area contributed by atoms with Gasteiger partial charge in [0.15, 0.2) is 6.23 Å². The number of hydrogen-bond donors (Lipinski definition) is 3. The predicted octanol–water partition coefficient (Wildman–Crippen LogP) is 0.307. The SMILES string of the molecule is CC(=O)O[C@@H]1[C@@H](n2ccc(=O)[nH]c2=O)O[C@](CCC(=O)O)(NC(=O)OCc2ccccc2)C1(OC(C)=O)OC(C)=O. The van der Waals surface area contributed by atoms with Crippen LogP contribution in [-0.4, -0.2) is 62.2 Å². The molecule has 0 bridgehead atoms. The lowest BCUT2D eigenvalue weighted by Gasteiger charge is -2.42. The van der Waals surface area contributed by atoms with Crippen molar-refractivity contribution in [3.63, 3.8) is 0 Å². The van der Waals surface area contributed by atoms with Gasteiger partial charge in [0.05, 0.1) is 6.42 Å². The van der Waals surface area contributed by atoms with Crippen molar-refractivity contribution in [1.29, 1.82) is 0 Å². The summed E-state index contributed by atoms with van der Waals surface area (Å²) >= 11 is 0. The summed E-state index contributed by atoms with van der Waals surface area (Å²) in [5, 5.41) is 11.8. The number of hydrogen-bond acceptors (Lipinski definition) is 12. The summed E-state index contributed by atoms with van der Waals surface area (Å²) < 4.78 is 28.1. The second kappa shape index (κ2) is 12.5. The number of alkyl carbamates (subject to hydrolysis) is 1. The third kappa shape index (κ3) is 6.96. The zero-order valence-corrected chi connectivity index (χ0v) is 22.1. The Morgan fingerprint density at radius 1 is 1.00 bits per heavy atom. The van der Waals surface area contributed by atoms with Crippen LogP contribution in [-0.2, 0) is 49.5 Å². The van der Waals surface area contributed by atoms with E-state index in [-0.39, 0.29) is 6.61 Å². The van der Waals surface area contributed by atoms with E-state index < -0.39 is 77.9 Å². The summed E-state index contributed by atoms with van der Waals surface area (Å²) in [6.07, 6.45) is -5.75. The Morgan fingerprint density at radius 3 is 2.17 bits per heavy atom. The first-order chi connectivity index (χ1) is 19.3. The minimum atomic E-state index is -2.90. The van der Waals surface area contributed by atoms with Crippen molar-refractivity contribution < 1.29 is 52.8 Å². The highest BCUT2D eigenvalue weighted by Gasteiger charge is 2.75. The molecular weight excluding hydrogens is 550 g/mol. The lowest BCUT2D eigenvalue weighted by Crippen LogP contribution is -2.69. The molecule has 1 aromatic heterocycles. The molecule has 220 valence electrons. The second-order valence-electron chi connectivity index (χ2n) is 8.82. The summed E-state index contributed by atoms with van der Waals surface area (Å²) in [7, 11) is 0. The van der Waals surface area contributed by atoms with Crippen molar-refractivity contribution >= 4 is 30.0 Å². The topological polar surface area (TPSA) is 219 Å². The lowest BCUT2D eigenvalue weighted by molar-refractivity contribution is -0.297. The molecule has 3 rings (SSSR count). The van der Waals surface area contributed by atoms with Crippen LogP contribution in [0.1, 0.15) is 45.4 Å². The van der Waals surface area contributed by atoms with Crippen molar-refractivity contribution in [1.82, 2.24) is 14.9 Å². The van der Waals surface area contributed by atoms with E-state index in [0.717, 1.165) is 33.0 Å². The molecule has 1 aliphatic rings. The van der Waals surface area contributed by atoms with E-state index in [9.17, 15) is 38.7 Å². The van der Waals surface area contributed by atoms with E-state index in [4.69, 9.17) is 23.7 Å². The molecule has 0 unspecified atom stereocenters. The quantitative estimate of drug-likeness (QED) is 0.197. The van der Waals surface area contributed by atoms with Gasteiger partial charge in [-0.15, -0.1) is 0 Å². The third-order valence-corrected chi connectivity index (χ3v) is 5.73. The summed E-state index contributed by atoms with van der Waals surface area (Å²) in [5.41, 5.74) is -3.97. The number of carboxylic acids is 1. The maximum absolute atomic E-state index is 13.1. The van der Waals surface area contributed by atoms with Gasteiger partial charge in [0.2, 0.25) is 11.8 Å². The van der Waals surface area contributed by atoms with Gasteiger partial charge in [-0.05, 0) is 5.56 Å². The molecule has 3 atom stereocenters. The largest absolute Gasteiger partial charge is 0.481 e. The number of esters is 3. The molecular formula is C25H27N3O13. The third-order valence-electron chi connectivity index (χ3n) is 5.73. The van der Waals surface area contributed by atoms with Gasteiger partial charge in [-0.3, -0.25) is 38.8 Å². The second-order valence-corrected chi connectivity index (χ2v) is 8.82. The van der Waals surface area contributed by atoms with Crippen molar-refractivity contribution in [2.75, 3.05) is 0 Å². The Morgan fingerprint density at radius 2 is 1.63 bits per heavy atom. The molecule has 1 amide bonds. The maximum atomic E-state index is 13.1. The van der Waals surface area contributed by atoms with E-state index in [0.29, 0.717) is 10.1 Å². The predicted molar refractivity (Wildman–Crippen MR) is 133 cm³/mol. The number of rotatable bonds is 10. The van der Waals surface area contributed by atoms with E-state index in [2.05, 4.69) is 5.32 Å². The Labute approximate surface area is 231 Å². The Bertz CT molecular complexity index is 1420. The zero-order valence-electron chi connectivity index (χ0n) is 22.1. The van der Waals surface area contributed by atoms with Crippen LogP contribution in [0.2, 0.25) is 0 Å². The first-order valence-corrected chi connectivity index (χ1v) is 12.0. The zero-order chi connectivity index (χ0) is 30.4. The molecule has 41 heavy (non-hydrogen) atoms. The number of carbonyl (C=O) groups excluding carboxylic acids is 4. The molecule has 1 fully saturated rings. The normalized spacial score (nSPS) is 20.9. The highest BCUT2D eigenvalue weighted by Crippen LogP contribution is 2.50. The number of aromatic nitrogens is 2. The highest BCUT2D eigenvalue weighted by atomic mass is 16.8. The molecule has 0 saturated carbocycles. The summed E-state index contributed by atoms with van der Waals surface area (Å²) in [5.74, 6) is -7.63. The molecule has 2 heterocycles. The van der Waals surface area contributed by atoms with Gasteiger partial charge in [0.25, 0.3) is 5.56 Å². The van der Waals surface area contributed by atoms with Crippen molar-refractivity contribution in [2.45, 2.75) is 64.1 Å². The van der Waals surface area contributed by atoms with Gasteiger partial charge in [0.1, 0.15) is 6.61 Å². The number of nitrogens with one attached hydrogen (secondary N) is 2. The minimum Gasteiger partial charge on any atom is -0.481 e. The number of amides is 1. The van der Waals surface area contributed by atoms with Crippen LogP contribution in [0.15, 0.2) is 52.2 Å². The average Bonchev–Trinajstić information content (AvgIpc) is 3.09. The van der Waals surface area contributed by atoms with Crippen LogP contribution >= 0.6 is 0 Å². The molecule has 1 saturated heterocycles. The molecule has 16 heteroatoms. The van der Waals surface area contributed by atoms with Crippen LogP contribution in [0.4, 0.5) is 4.79 Å². The smallest absolute Gasteiger partial charge is 0.409 e. The first-order valence-electron chi connectivity index (χ1n) is 12.0. The van der Waals surface area contributed by atoms with E-state index in [1.165, 1.54) is 0 Å². The van der Waals surface area contributed by atoms with Gasteiger partial charge in [-0.25, -0.2) is 9.59 Å². The average molecular weight is 577 g/mol. The van der Waals surface area contributed by atoms with Gasteiger partial charge in [-0.2, -0.15) is 0 Å². The first kappa shape index (κ1) is 30.6. The number of carbonyl (C=O) groups is 5. The highest BCUT2D eigenvalue weighted by molar-refractivity contribution is 5.73. The molecule has 2 aromatic rings. The Hall–Kier alpha value is -4.99. The number of H-pyrrole nitrogens is 1. The summed E-state index contributed by atoms with van der Waals surface area (Å²) in [4.78, 5) is 88.2. The van der Waals surface area contributed by atoms with E-state index >= 15 is 0 Å². The standard InChI is InChI=1S/C25H27N3O13/c1-14(29)38-20-21(28-12-10-18(32)26-22(28)35)41-24(11-9-19(33)34,25(20,39-15(2)30)40-16(3)31)27-23(36)37-13-17-7-5-4-6-8-17/h4-8,10,12,20-21H,9,11,13H2,1-3H3,(H,27,36)(H,33,34)(H,26,32,35)/t20-,21+,24+/m1/s1. The summed E-state index contributed by atoms with van der Waals surface area (Å²) in [6, 6.07) is 9.32. The van der Waals surface area contributed by atoms with Crippen molar-refractivity contribution in [2.24, 2.45) is 0 Å². The van der Waals surface area contributed by atoms with Gasteiger partial charge < -0.3 is 28.8 Å². The van der Waals surface area contributed by atoms with Crippen LogP contribution in [0.5, 0.6) is 0 Å². The van der Waals surface area contributed by atoms with Crippen molar-refractivity contribution in [3.05, 3.63) is 69.0 Å². The number of aromatic amines is 1. The van der Waals surface area contributed by atoms with E-state index in [1.54, 1.807) is 30.3 Å². The number of nitrogens with zero attached hydrogens (tertiary/aromatic N) is 1. The number of carboxylic acid groups (broad SMARTS) is 1. The van der Waals surface area contributed by atoms with Crippen LogP contribution in [0.25, 0.3) is 0 Å². The monoisotopic (exact) mass is 577 g/mol. The minimum absolute atomic E-state index is 0.272. The Kier molecular flexibility index (Phi) is 9.28. The fraction of sp³-hybridized carbons (Fsp3) is 0.400. The summed E-state index contributed by atoms with van der Waals surface area (Å²) in [6.45, 7) is 2.46. The maximum Gasteiger partial charge on any atom is 0.409 e. The van der Waals surface area contributed by atoms with Crippen molar-refractivity contribution in [3.8, 4) is 0 Å². The van der Waals surface area contributed by atoms with Crippen LogP contribution in [0, 0.1) is 0 Å². The Balaban J connectivity index is 2.23. The number of ether oxygens (including phenoxy) is 5.